The normalized spacial score (nSPS) is 15.4. The average Bonchev–Trinajstić information content (AvgIpc) is 2.72. The molecule has 1 aromatic heterocycles. The SMILES string of the molecule is Cc1cc(N2CCN(S(=O)(=O)c3c(F)cccc3F)CC2)c2cccc([N+](=O)[O-])c2n1. The Morgan fingerprint density at radius 3 is 2.26 bits per heavy atom. The minimum atomic E-state index is -4.34. The van der Waals surface area contributed by atoms with Crippen LogP contribution in [0.1, 0.15) is 5.69 Å². The molecule has 31 heavy (non-hydrogen) atoms. The number of fused-ring (bicyclic) bond motifs is 1. The maximum Gasteiger partial charge on any atom is 0.295 e. The summed E-state index contributed by atoms with van der Waals surface area (Å²) in [5, 5.41) is 12.0. The van der Waals surface area contributed by atoms with E-state index in [9.17, 15) is 27.3 Å². The molecule has 1 saturated heterocycles. The van der Waals surface area contributed by atoms with Crippen LogP contribution < -0.4 is 4.90 Å². The highest BCUT2D eigenvalue weighted by Gasteiger charge is 2.33. The van der Waals surface area contributed by atoms with Crippen molar-refractivity contribution in [3.05, 3.63) is 69.9 Å². The van der Waals surface area contributed by atoms with E-state index in [0.29, 0.717) is 16.8 Å². The molecule has 0 bridgehead atoms. The molecule has 0 aliphatic carbocycles. The van der Waals surface area contributed by atoms with Gasteiger partial charge in [-0.1, -0.05) is 18.2 Å². The van der Waals surface area contributed by atoms with Gasteiger partial charge in [-0.25, -0.2) is 22.2 Å². The molecule has 8 nitrogen and oxygen atoms in total. The van der Waals surface area contributed by atoms with Gasteiger partial charge in [0.15, 0.2) is 10.4 Å². The van der Waals surface area contributed by atoms with Crippen LogP contribution in [-0.4, -0.2) is 48.8 Å². The molecule has 0 unspecified atom stereocenters. The molecule has 0 radical (unpaired) electrons. The van der Waals surface area contributed by atoms with Gasteiger partial charge < -0.3 is 4.90 Å². The maximum atomic E-state index is 14.0. The number of pyridine rings is 1. The second-order valence-electron chi connectivity index (χ2n) is 7.16. The highest BCUT2D eigenvalue weighted by Crippen LogP contribution is 2.33. The molecule has 0 N–H and O–H groups in total. The lowest BCUT2D eigenvalue weighted by molar-refractivity contribution is -0.383. The Kier molecular flexibility index (Phi) is 5.31. The average molecular weight is 448 g/mol. The van der Waals surface area contributed by atoms with Crippen molar-refractivity contribution in [3.63, 3.8) is 0 Å². The fourth-order valence-corrected chi connectivity index (χ4v) is 5.31. The van der Waals surface area contributed by atoms with Crippen LogP contribution in [0.3, 0.4) is 0 Å². The third-order valence-corrected chi connectivity index (χ3v) is 7.17. The van der Waals surface area contributed by atoms with E-state index in [0.717, 1.165) is 22.5 Å². The minimum absolute atomic E-state index is 0.00784. The smallest absolute Gasteiger partial charge is 0.295 e. The van der Waals surface area contributed by atoms with Gasteiger partial charge in [0.05, 0.1) is 4.92 Å². The number of nitro benzene ring substituents is 1. The molecule has 2 heterocycles. The fraction of sp³-hybridized carbons (Fsp3) is 0.250. The van der Waals surface area contributed by atoms with Crippen LogP contribution in [0.15, 0.2) is 47.4 Å². The van der Waals surface area contributed by atoms with Gasteiger partial charge in [0.25, 0.3) is 5.69 Å². The number of non-ortho nitro benzene ring substituents is 1. The zero-order valence-electron chi connectivity index (χ0n) is 16.5. The van der Waals surface area contributed by atoms with Crippen LogP contribution in [-0.2, 0) is 10.0 Å². The van der Waals surface area contributed by atoms with Gasteiger partial charge >= 0.3 is 0 Å². The summed E-state index contributed by atoms with van der Waals surface area (Å²) in [4.78, 5) is 16.1. The zero-order chi connectivity index (χ0) is 22.3. The van der Waals surface area contributed by atoms with Gasteiger partial charge in [-0.3, -0.25) is 10.1 Å². The first kappa shape index (κ1) is 21.1. The summed E-state index contributed by atoms with van der Waals surface area (Å²) < 4.78 is 54.7. The monoisotopic (exact) mass is 448 g/mol. The second-order valence-corrected chi connectivity index (χ2v) is 9.03. The number of para-hydroxylation sites is 1. The van der Waals surface area contributed by atoms with Crippen molar-refractivity contribution < 1.29 is 22.1 Å². The highest BCUT2D eigenvalue weighted by atomic mass is 32.2. The summed E-state index contributed by atoms with van der Waals surface area (Å²) in [6, 6.07) is 9.39. The molecular formula is C20H18F2N4O4S. The van der Waals surface area contributed by atoms with Crippen LogP contribution >= 0.6 is 0 Å². The van der Waals surface area contributed by atoms with E-state index in [2.05, 4.69) is 4.98 Å². The van der Waals surface area contributed by atoms with Crippen molar-refractivity contribution in [3.8, 4) is 0 Å². The standard InChI is InChI=1S/C20H18F2N4O4S/c1-13-12-18(14-4-2-7-17(26(27)28)19(14)23-13)24-8-10-25(11-9-24)31(29,30)20-15(21)5-3-6-16(20)22/h2-7,12H,8-11H2,1H3. The zero-order valence-corrected chi connectivity index (χ0v) is 17.3. The van der Waals surface area contributed by atoms with Crippen molar-refractivity contribution in [1.29, 1.82) is 0 Å². The number of aryl methyl sites for hydroxylation is 1. The molecule has 1 aliphatic heterocycles. The molecule has 0 spiro atoms. The summed E-state index contributed by atoms with van der Waals surface area (Å²) in [6.45, 7) is 2.23. The number of sulfonamides is 1. The Balaban J connectivity index is 1.65. The van der Waals surface area contributed by atoms with Gasteiger partial charge in [0.1, 0.15) is 11.6 Å². The van der Waals surface area contributed by atoms with Gasteiger partial charge in [-0.15, -0.1) is 0 Å². The van der Waals surface area contributed by atoms with Crippen molar-refractivity contribution in [2.45, 2.75) is 11.8 Å². The molecule has 1 fully saturated rings. The largest absolute Gasteiger partial charge is 0.368 e. The van der Waals surface area contributed by atoms with E-state index >= 15 is 0 Å². The second kappa shape index (κ2) is 7.82. The van der Waals surface area contributed by atoms with E-state index in [4.69, 9.17) is 0 Å². The molecule has 2 aromatic carbocycles. The molecule has 162 valence electrons. The number of hydrogen-bond acceptors (Lipinski definition) is 6. The number of aromatic nitrogens is 1. The summed E-state index contributed by atoms with van der Waals surface area (Å²) in [6.07, 6.45) is 0. The number of rotatable bonds is 4. The van der Waals surface area contributed by atoms with Crippen molar-refractivity contribution in [2.24, 2.45) is 0 Å². The van der Waals surface area contributed by atoms with Crippen molar-refractivity contribution >= 4 is 32.3 Å². The van der Waals surface area contributed by atoms with Gasteiger partial charge in [0, 0.05) is 49.0 Å². The van der Waals surface area contributed by atoms with Gasteiger partial charge in [-0.05, 0) is 25.1 Å². The summed E-state index contributed by atoms with van der Waals surface area (Å²) >= 11 is 0. The topological polar surface area (TPSA) is 96.7 Å². The van der Waals surface area contributed by atoms with E-state index in [1.165, 1.54) is 6.07 Å². The number of piperazine rings is 1. The van der Waals surface area contributed by atoms with Gasteiger partial charge in [-0.2, -0.15) is 4.31 Å². The first-order chi connectivity index (χ1) is 14.7. The van der Waals surface area contributed by atoms with Crippen LogP contribution in [0.2, 0.25) is 0 Å². The minimum Gasteiger partial charge on any atom is -0.368 e. The first-order valence-corrected chi connectivity index (χ1v) is 10.9. The van der Waals surface area contributed by atoms with Crippen molar-refractivity contribution in [1.82, 2.24) is 9.29 Å². The number of nitrogens with zero attached hydrogens (tertiary/aromatic N) is 4. The number of benzene rings is 2. The Bertz CT molecular complexity index is 1270. The Labute approximate surface area is 176 Å². The van der Waals surface area contributed by atoms with Crippen LogP contribution in [0.25, 0.3) is 10.9 Å². The molecular weight excluding hydrogens is 430 g/mol. The van der Waals surface area contributed by atoms with Crippen molar-refractivity contribution in [2.75, 3.05) is 31.1 Å². The van der Waals surface area contributed by atoms with E-state index in [-0.39, 0.29) is 37.4 Å². The molecule has 0 amide bonds. The van der Waals surface area contributed by atoms with E-state index < -0.39 is 31.5 Å². The molecule has 0 saturated carbocycles. The molecule has 11 heteroatoms. The fourth-order valence-electron chi connectivity index (χ4n) is 3.78. The number of hydrogen-bond donors (Lipinski definition) is 0. The third kappa shape index (κ3) is 3.70. The number of anilines is 1. The Morgan fingerprint density at radius 1 is 1.03 bits per heavy atom. The molecule has 4 rings (SSSR count). The van der Waals surface area contributed by atoms with Crippen LogP contribution in [0, 0.1) is 28.7 Å². The summed E-state index contributed by atoms with van der Waals surface area (Å²) in [7, 11) is -4.34. The highest BCUT2D eigenvalue weighted by molar-refractivity contribution is 7.89. The summed E-state index contributed by atoms with van der Waals surface area (Å²) in [5.74, 6) is -2.27. The predicted octanol–water partition coefficient (Wildman–Crippen LogP) is 3.24. The Hall–Kier alpha value is -3.18. The third-order valence-electron chi connectivity index (χ3n) is 5.22. The number of nitro groups is 1. The van der Waals surface area contributed by atoms with Gasteiger partial charge in [0.2, 0.25) is 10.0 Å². The Morgan fingerprint density at radius 2 is 1.65 bits per heavy atom. The first-order valence-electron chi connectivity index (χ1n) is 9.44. The molecule has 3 aromatic rings. The quantitative estimate of drug-likeness (QED) is 0.449. The molecule has 1 aliphatic rings. The maximum absolute atomic E-state index is 14.0. The van der Waals surface area contributed by atoms with E-state index in [1.54, 1.807) is 25.1 Å². The summed E-state index contributed by atoms with van der Waals surface area (Å²) in [5.41, 5.74) is 1.42. The van der Waals surface area contributed by atoms with Crippen LogP contribution in [0.4, 0.5) is 20.2 Å². The predicted molar refractivity (Wildman–Crippen MR) is 110 cm³/mol. The lowest BCUT2D eigenvalue weighted by Crippen LogP contribution is -2.49. The number of halogens is 2. The van der Waals surface area contributed by atoms with E-state index in [1.807, 2.05) is 4.90 Å². The van der Waals surface area contributed by atoms with Crippen LogP contribution in [0.5, 0.6) is 0 Å². The lowest BCUT2D eigenvalue weighted by Gasteiger charge is -2.36. The molecule has 0 atom stereocenters. The lowest BCUT2D eigenvalue weighted by atomic mass is 10.1.